The van der Waals surface area contributed by atoms with E-state index in [4.69, 9.17) is 5.73 Å². The summed E-state index contributed by atoms with van der Waals surface area (Å²) in [4.78, 5) is 11.3. The average Bonchev–Trinajstić information content (AvgIpc) is 2.69. The molecule has 4 N–H and O–H groups in total. The van der Waals surface area contributed by atoms with Gasteiger partial charge in [-0.3, -0.25) is 5.10 Å². The number of nitrogens with one attached hydrogen (secondary N) is 1. The third-order valence-electron chi connectivity index (χ3n) is 3.37. The molecule has 1 aromatic carbocycles. The summed E-state index contributed by atoms with van der Waals surface area (Å²) in [7, 11) is 0. The third-order valence-corrected chi connectivity index (χ3v) is 3.37. The molecule has 106 valence electrons. The molecule has 0 spiro atoms. The molecule has 0 saturated heterocycles. The molecule has 0 aliphatic rings. The van der Waals surface area contributed by atoms with Crippen molar-refractivity contribution in [2.24, 2.45) is 0 Å². The molecular formula is C15H19N3O2. The van der Waals surface area contributed by atoms with Crippen LogP contribution in [0.15, 0.2) is 18.2 Å². The third kappa shape index (κ3) is 2.39. The number of aromatic nitrogens is 2. The molecule has 1 heterocycles. The van der Waals surface area contributed by atoms with Crippen LogP contribution in [0.2, 0.25) is 0 Å². The molecule has 5 nitrogen and oxygen atoms in total. The van der Waals surface area contributed by atoms with Crippen LogP contribution in [0, 0.1) is 6.92 Å². The van der Waals surface area contributed by atoms with E-state index >= 15 is 0 Å². The molecule has 0 unspecified atom stereocenters. The number of aromatic carboxylic acids is 1. The van der Waals surface area contributed by atoms with Gasteiger partial charge in [0, 0.05) is 5.56 Å². The number of nitrogens with two attached hydrogens (primary N) is 1. The smallest absolute Gasteiger partial charge is 0.341 e. The van der Waals surface area contributed by atoms with Crippen LogP contribution >= 0.6 is 0 Å². The number of carbonyl (C=O) groups is 1. The molecule has 0 aliphatic carbocycles. The Kier molecular flexibility index (Phi) is 3.29. The second kappa shape index (κ2) is 4.67. The highest BCUT2D eigenvalue weighted by molar-refractivity contribution is 5.99. The summed E-state index contributed by atoms with van der Waals surface area (Å²) < 4.78 is 0. The zero-order chi connectivity index (χ0) is 15.1. The van der Waals surface area contributed by atoms with E-state index in [0.717, 1.165) is 11.1 Å². The van der Waals surface area contributed by atoms with Gasteiger partial charge in [0.1, 0.15) is 5.56 Å². The van der Waals surface area contributed by atoms with E-state index in [1.807, 2.05) is 19.1 Å². The Morgan fingerprint density at radius 2 is 2.00 bits per heavy atom. The van der Waals surface area contributed by atoms with E-state index in [0.29, 0.717) is 5.69 Å². The fraction of sp³-hybridized carbons (Fsp3) is 0.333. The maximum Gasteiger partial charge on any atom is 0.341 e. The molecule has 0 saturated carbocycles. The minimum atomic E-state index is -1.08. The number of hydrogen-bond acceptors (Lipinski definition) is 3. The number of anilines is 1. The zero-order valence-electron chi connectivity index (χ0n) is 12.1. The molecule has 1 aromatic heterocycles. The first-order chi connectivity index (χ1) is 9.21. The van der Waals surface area contributed by atoms with E-state index in [9.17, 15) is 9.90 Å². The number of carboxylic acid groups (broad SMARTS) is 1. The van der Waals surface area contributed by atoms with Crippen molar-refractivity contribution in [3.05, 3.63) is 34.9 Å². The largest absolute Gasteiger partial charge is 0.477 e. The van der Waals surface area contributed by atoms with Crippen molar-refractivity contribution in [2.45, 2.75) is 33.1 Å². The van der Waals surface area contributed by atoms with Gasteiger partial charge in [-0.05, 0) is 23.5 Å². The first-order valence-corrected chi connectivity index (χ1v) is 6.40. The number of aromatic amines is 1. The van der Waals surface area contributed by atoms with E-state index in [2.05, 4.69) is 37.0 Å². The highest BCUT2D eigenvalue weighted by Gasteiger charge is 2.21. The summed E-state index contributed by atoms with van der Waals surface area (Å²) in [6.45, 7) is 8.36. The van der Waals surface area contributed by atoms with Gasteiger partial charge in [0.05, 0.1) is 5.69 Å². The minimum Gasteiger partial charge on any atom is -0.477 e. The molecule has 0 fully saturated rings. The summed E-state index contributed by atoms with van der Waals surface area (Å²) in [5, 5.41) is 15.7. The van der Waals surface area contributed by atoms with E-state index < -0.39 is 5.97 Å². The van der Waals surface area contributed by atoms with Gasteiger partial charge in [0.25, 0.3) is 0 Å². The lowest BCUT2D eigenvalue weighted by atomic mass is 9.85. The molecule has 5 heteroatoms. The Morgan fingerprint density at radius 3 is 2.50 bits per heavy atom. The summed E-state index contributed by atoms with van der Waals surface area (Å²) in [6, 6.07) is 5.98. The van der Waals surface area contributed by atoms with Crippen molar-refractivity contribution in [3.63, 3.8) is 0 Å². The predicted octanol–water partition coefficient (Wildman–Crippen LogP) is 2.96. The quantitative estimate of drug-likeness (QED) is 0.784. The maximum atomic E-state index is 11.3. The number of H-pyrrole nitrogens is 1. The molecule has 0 atom stereocenters. The van der Waals surface area contributed by atoms with Crippen LogP contribution in [0.5, 0.6) is 0 Å². The molecule has 0 radical (unpaired) electrons. The van der Waals surface area contributed by atoms with Crippen LogP contribution in [0.1, 0.15) is 42.3 Å². The van der Waals surface area contributed by atoms with E-state index in [1.165, 1.54) is 5.56 Å². The standard InChI is InChI=1S/C15H19N3O2/c1-8-7-9(15(2,3)4)5-6-10(8)12-11(14(19)20)13(16)18-17-12/h5-7H,1-4H3,(H,19,20)(H3,16,17,18). The monoisotopic (exact) mass is 273 g/mol. The maximum absolute atomic E-state index is 11.3. The van der Waals surface area contributed by atoms with Crippen molar-refractivity contribution >= 4 is 11.8 Å². The highest BCUT2D eigenvalue weighted by atomic mass is 16.4. The Hall–Kier alpha value is -2.30. The minimum absolute atomic E-state index is 0.00629. The lowest BCUT2D eigenvalue weighted by Crippen LogP contribution is -2.11. The van der Waals surface area contributed by atoms with Crippen molar-refractivity contribution in [3.8, 4) is 11.3 Å². The number of benzene rings is 1. The number of aryl methyl sites for hydroxylation is 1. The van der Waals surface area contributed by atoms with Crippen LogP contribution in [0.25, 0.3) is 11.3 Å². The Bertz CT molecular complexity index is 666. The Labute approximate surface area is 117 Å². The number of nitrogen functional groups attached to an aromatic ring is 1. The first kappa shape index (κ1) is 14.1. The Morgan fingerprint density at radius 1 is 1.35 bits per heavy atom. The van der Waals surface area contributed by atoms with Crippen molar-refractivity contribution < 1.29 is 9.90 Å². The molecule has 20 heavy (non-hydrogen) atoms. The lowest BCUT2D eigenvalue weighted by Gasteiger charge is -2.20. The molecule has 2 aromatic rings. The van der Waals surface area contributed by atoms with Gasteiger partial charge in [-0.25, -0.2) is 4.79 Å². The zero-order valence-corrected chi connectivity index (χ0v) is 12.1. The topological polar surface area (TPSA) is 92.0 Å². The fourth-order valence-electron chi connectivity index (χ4n) is 2.18. The molecule has 0 bridgehead atoms. The predicted molar refractivity (Wildman–Crippen MR) is 78.8 cm³/mol. The van der Waals surface area contributed by atoms with Crippen LogP contribution in [0.3, 0.4) is 0 Å². The highest BCUT2D eigenvalue weighted by Crippen LogP contribution is 2.31. The van der Waals surface area contributed by atoms with Crippen LogP contribution in [0.4, 0.5) is 5.82 Å². The lowest BCUT2D eigenvalue weighted by molar-refractivity contribution is 0.0699. The van der Waals surface area contributed by atoms with Gasteiger partial charge >= 0.3 is 5.97 Å². The van der Waals surface area contributed by atoms with Gasteiger partial charge in [-0.15, -0.1) is 0 Å². The summed E-state index contributed by atoms with van der Waals surface area (Å²) in [5.74, 6) is -1.07. The van der Waals surface area contributed by atoms with Gasteiger partial charge < -0.3 is 10.8 Å². The number of hydrogen-bond donors (Lipinski definition) is 3. The molecular weight excluding hydrogens is 254 g/mol. The van der Waals surface area contributed by atoms with Crippen LogP contribution < -0.4 is 5.73 Å². The average molecular weight is 273 g/mol. The van der Waals surface area contributed by atoms with Crippen LogP contribution in [-0.4, -0.2) is 21.3 Å². The van der Waals surface area contributed by atoms with Gasteiger partial charge in [-0.2, -0.15) is 5.10 Å². The van der Waals surface area contributed by atoms with E-state index in [-0.39, 0.29) is 16.8 Å². The van der Waals surface area contributed by atoms with Crippen molar-refractivity contribution in [1.29, 1.82) is 0 Å². The number of carboxylic acids is 1. The summed E-state index contributed by atoms with van der Waals surface area (Å²) in [5.41, 5.74) is 9.12. The SMILES string of the molecule is Cc1cc(C(C)(C)C)ccc1-c1[nH]nc(N)c1C(=O)O. The Balaban J connectivity index is 2.58. The second-order valence-electron chi connectivity index (χ2n) is 5.94. The second-order valence-corrected chi connectivity index (χ2v) is 5.94. The van der Waals surface area contributed by atoms with E-state index in [1.54, 1.807) is 0 Å². The fourth-order valence-corrected chi connectivity index (χ4v) is 2.18. The van der Waals surface area contributed by atoms with Crippen LogP contribution in [-0.2, 0) is 5.41 Å². The van der Waals surface area contributed by atoms with Crippen molar-refractivity contribution in [1.82, 2.24) is 10.2 Å². The number of rotatable bonds is 2. The van der Waals surface area contributed by atoms with Gasteiger partial charge in [-0.1, -0.05) is 39.0 Å². The molecule has 2 rings (SSSR count). The number of nitrogens with zero attached hydrogens (tertiary/aromatic N) is 1. The normalized spacial score (nSPS) is 11.6. The summed E-state index contributed by atoms with van der Waals surface area (Å²) >= 11 is 0. The van der Waals surface area contributed by atoms with Crippen molar-refractivity contribution in [2.75, 3.05) is 5.73 Å². The van der Waals surface area contributed by atoms with Gasteiger partial charge in [0.2, 0.25) is 0 Å². The molecule has 0 amide bonds. The van der Waals surface area contributed by atoms with Gasteiger partial charge in [0.15, 0.2) is 5.82 Å². The first-order valence-electron chi connectivity index (χ1n) is 6.40. The molecule has 0 aliphatic heterocycles. The summed E-state index contributed by atoms with van der Waals surface area (Å²) in [6.07, 6.45) is 0.